The summed E-state index contributed by atoms with van der Waals surface area (Å²) in [4.78, 5) is 25.9. The third kappa shape index (κ3) is 4.15. The molecule has 0 spiro atoms. The standard InChI is InChI=1S/C23H20N2O5S/c26-22(25-14-6-9-16-7-1-4-13-21(16)25)17-8-5-10-18(15-17)31(29,30)24-20-12-3-2-11-19(20)23(27)28/h1-5,7-8,10-13,15,24H,6,9,14H2,(H,27,28)/p-1. The van der Waals surface area contributed by atoms with E-state index in [1.165, 1.54) is 42.5 Å². The summed E-state index contributed by atoms with van der Waals surface area (Å²) in [5.41, 5.74) is 1.75. The minimum Gasteiger partial charge on any atom is -0.545 e. The molecule has 1 heterocycles. The van der Waals surface area contributed by atoms with E-state index in [2.05, 4.69) is 4.72 Å². The largest absolute Gasteiger partial charge is 0.545 e. The zero-order chi connectivity index (χ0) is 22.0. The first-order valence-corrected chi connectivity index (χ1v) is 11.2. The molecule has 1 amide bonds. The molecule has 0 aromatic heterocycles. The number of hydrogen-bond acceptors (Lipinski definition) is 5. The van der Waals surface area contributed by atoms with Gasteiger partial charge in [0.05, 0.1) is 16.6 Å². The molecule has 0 saturated carbocycles. The van der Waals surface area contributed by atoms with Crippen LogP contribution in [0.5, 0.6) is 0 Å². The Labute approximate surface area is 180 Å². The summed E-state index contributed by atoms with van der Waals surface area (Å²) in [6.45, 7) is 0.546. The third-order valence-electron chi connectivity index (χ3n) is 5.14. The summed E-state index contributed by atoms with van der Waals surface area (Å²) in [5.74, 6) is -1.79. The molecule has 0 atom stereocenters. The number of carboxylic acid groups (broad SMARTS) is 1. The average molecular weight is 435 g/mol. The highest BCUT2D eigenvalue weighted by Crippen LogP contribution is 2.29. The predicted molar refractivity (Wildman–Crippen MR) is 114 cm³/mol. The number of hydrogen-bond donors (Lipinski definition) is 1. The van der Waals surface area contributed by atoms with E-state index in [4.69, 9.17) is 0 Å². The van der Waals surface area contributed by atoms with Gasteiger partial charge in [0.1, 0.15) is 0 Å². The Bertz CT molecular complexity index is 1270. The number of aryl methyl sites for hydroxylation is 1. The molecule has 0 radical (unpaired) electrons. The first-order valence-electron chi connectivity index (χ1n) is 9.70. The number of carboxylic acids is 1. The maximum Gasteiger partial charge on any atom is 0.261 e. The Balaban J connectivity index is 1.65. The second kappa shape index (κ2) is 8.23. The van der Waals surface area contributed by atoms with Gasteiger partial charge in [0.15, 0.2) is 0 Å². The lowest BCUT2D eigenvalue weighted by atomic mass is 10.0. The molecule has 1 aliphatic rings. The average Bonchev–Trinajstić information content (AvgIpc) is 2.78. The molecule has 31 heavy (non-hydrogen) atoms. The van der Waals surface area contributed by atoms with E-state index < -0.39 is 16.0 Å². The van der Waals surface area contributed by atoms with Crippen LogP contribution in [0.3, 0.4) is 0 Å². The van der Waals surface area contributed by atoms with Gasteiger partial charge in [-0.05, 0) is 48.7 Å². The molecule has 1 N–H and O–H groups in total. The van der Waals surface area contributed by atoms with E-state index in [1.807, 2.05) is 24.3 Å². The molecule has 0 bridgehead atoms. The van der Waals surface area contributed by atoms with Crippen LogP contribution >= 0.6 is 0 Å². The van der Waals surface area contributed by atoms with Crippen molar-refractivity contribution in [2.45, 2.75) is 17.7 Å². The van der Waals surface area contributed by atoms with Gasteiger partial charge in [0, 0.05) is 23.4 Å². The fraction of sp³-hybridized carbons (Fsp3) is 0.130. The van der Waals surface area contributed by atoms with E-state index >= 15 is 0 Å². The van der Waals surface area contributed by atoms with Gasteiger partial charge >= 0.3 is 0 Å². The molecule has 8 heteroatoms. The van der Waals surface area contributed by atoms with Gasteiger partial charge in [-0.15, -0.1) is 0 Å². The predicted octanol–water partition coefficient (Wildman–Crippen LogP) is 2.44. The summed E-state index contributed by atoms with van der Waals surface area (Å²) in [7, 11) is -4.13. The molecular formula is C23H19N2O5S-. The molecule has 1 aliphatic heterocycles. The first-order chi connectivity index (χ1) is 14.9. The number of fused-ring (bicyclic) bond motifs is 1. The monoisotopic (exact) mass is 435 g/mol. The number of sulfonamides is 1. The molecular weight excluding hydrogens is 416 g/mol. The van der Waals surface area contributed by atoms with Crippen LogP contribution in [0.1, 0.15) is 32.7 Å². The number of nitrogens with zero attached hydrogens (tertiary/aromatic N) is 1. The van der Waals surface area contributed by atoms with Crippen LogP contribution in [-0.2, 0) is 16.4 Å². The number of amides is 1. The van der Waals surface area contributed by atoms with E-state index in [9.17, 15) is 23.1 Å². The number of benzene rings is 3. The van der Waals surface area contributed by atoms with Crippen molar-refractivity contribution in [1.82, 2.24) is 0 Å². The molecule has 4 rings (SSSR count). The fourth-order valence-electron chi connectivity index (χ4n) is 3.65. The van der Waals surface area contributed by atoms with Crippen LogP contribution in [0.4, 0.5) is 11.4 Å². The normalized spacial score (nSPS) is 13.4. The zero-order valence-electron chi connectivity index (χ0n) is 16.4. The van der Waals surface area contributed by atoms with Crippen LogP contribution < -0.4 is 14.7 Å². The van der Waals surface area contributed by atoms with E-state index in [0.717, 1.165) is 24.1 Å². The van der Waals surface area contributed by atoms with Gasteiger partial charge in [0.25, 0.3) is 15.9 Å². The van der Waals surface area contributed by atoms with Crippen LogP contribution in [-0.4, -0.2) is 26.8 Å². The van der Waals surface area contributed by atoms with Crippen LogP contribution in [0, 0.1) is 0 Å². The van der Waals surface area contributed by atoms with Crippen molar-refractivity contribution in [2.24, 2.45) is 0 Å². The lowest BCUT2D eigenvalue weighted by Crippen LogP contribution is -2.35. The second-order valence-electron chi connectivity index (χ2n) is 7.16. The van der Waals surface area contributed by atoms with Gasteiger partial charge in [0.2, 0.25) is 0 Å². The van der Waals surface area contributed by atoms with E-state index in [1.54, 1.807) is 11.0 Å². The lowest BCUT2D eigenvalue weighted by Gasteiger charge is -2.29. The maximum absolute atomic E-state index is 13.2. The van der Waals surface area contributed by atoms with Crippen LogP contribution in [0.25, 0.3) is 0 Å². The Morgan fingerprint density at radius 2 is 1.68 bits per heavy atom. The van der Waals surface area contributed by atoms with Crippen molar-refractivity contribution >= 4 is 33.3 Å². The van der Waals surface area contributed by atoms with Gasteiger partial charge in [-0.25, -0.2) is 8.42 Å². The quantitative estimate of drug-likeness (QED) is 0.663. The maximum atomic E-state index is 13.2. The molecule has 7 nitrogen and oxygen atoms in total. The Hall–Kier alpha value is -3.65. The topological polar surface area (TPSA) is 107 Å². The van der Waals surface area contributed by atoms with Crippen molar-refractivity contribution in [2.75, 3.05) is 16.2 Å². The van der Waals surface area contributed by atoms with Crippen LogP contribution in [0.2, 0.25) is 0 Å². The molecule has 0 aliphatic carbocycles. The van der Waals surface area contributed by atoms with Crippen molar-refractivity contribution in [3.8, 4) is 0 Å². The minimum absolute atomic E-state index is 0.107. The Morgan fingerprint density at radius 1 is 0.935 bits per heavy atom. The molecule has 3 aromatic rings. The first kappa shape index (κ1) is 20.6. The number of para-hydroxylation sites is 2. The number of rotatable bonds is 5. The van der Waals surface area contributed by atoms with Gasteiger partial charge in [-0.2, -0.15) is 0 Å². The lowest BCUT2D eigenvalue weighted by molar-refractivity contribution is -0.254. The van der Waals surface area contributed by atoms with Crippen molar-refractivity contribution in [3.05, 3.63) is 89.5 Å². The summed E-state index contributed by atoms with van der Waals surface area (Å²) in [6, 6.07) is 18.9. The highest BCUT2D eigenvalue weighted by molar-refractivity contribution is 7.92. The summed E-state index contributed by atoms with van der Waals surface area (Å²) < 4.78 is 28.0. The highest BCUT2D eigenvalue weighted by Gasteiger charge is 2.25. The summed E-state index contributed by atoms with van der Waals surface area (Å²) in [6.07, 6.45) is 1.71. The van der Waals surface area contributed by atoms with E-state index in [-0.39, 0.29) is 27.6 Å². The molecule has 0 unspecified atom stereocenters. The van der Waals surface area contributed by atoms with E-state index in [0.29, 0.717) is 6.54 Å². The Kier molecular flexibility index (Phi) is 5.48. The van der Waals surface area contributed by atoms with Crippen molar-refractivity contribution < 1.29 is 23.1 Å². The summed E-state index contributed by atoms with van der Waals surface area (Å²) >= 11 is 0. The molecule has 0 fully saturated rings. The third-order valence-corrected chi connectivity index (χ3v) is 6.50. The van der Waals surface area contributed by atoms with Gasteiger partial charge in [-0.3, -0.25) is 9.52 Å². The summed E-state index contributed by atoms with van der Waals surface area (Å²) in [5, 5.41) is 11.3. The SMILES string of the molecule is O=C([O-])c1ccccc1NS(=O)(=O)c1cccc(C(=O)N2CCCc3ccccc32)c1. The smallest absolute Gasteiger partial charge is 0.261 e. The number of nitrogens with one attached hydrogen (secondary N) is 1. The zero-order valence-corrected chi connectivity index (χ0v) is 17.3. The van der Waals surface area contributed by atoms with Gasteiger partial charge in [-0.1, -0.05) is 42.5 Å². The Morgan fingerprint density at radius 3 is 2.48 bits per heavy atom. The number of anilines is 2. The number of carbonyl (C=O) groups is 2. The molecule has 0 saturated heterocycles. The molecule has 3 aromatic carbocycles. The van der Waals surface area contributed by atoms with Crippen molar-refractivity contribution in [1.29, 1.82) is 0 Å². The number of carbonyl (C=O) groups excluding carboxylic acids is 2. The highest BCUT2D eigenvalue weighted by atomic mass is 32.2. The second-order valence-corrected chi connectivity index (χ2v) is 8.84. The molecule has 158 valence electrons. The van der Waals surface area contributed by atoms with Crippen LogP contribution in [0.15, 0.2) is 77.7 Å². The van der Waals surface area contributed by atoms with Gasteiger partial charge < -0.3 is 14.8 Å². The minimum atomic E-state index is -4.13. The fourth-order valence-corrected chi connectivity index (χ4v) is 4.78. The van der Waals surface area contributed by atoms with Crippen molar-refractivity contribution in [3.63, 3.8) is 0 Å². The number of aromatic carboxylic acids is 1.